The molecule has 0 saturated heterocycles. The van der Waals surface area contributed by atoms with E-state index in [9.17, 15) is 8.42 Å². The molecule has 0 bridgehead atoms. The molecule has 13 heavy (non-hydrogen) atoms. The van der Waals surface area contributed by atoms with Crippen LogP contribution in [0.15, 0.2) is 30.3 Å². The van der Waals surface area contributed by atoms with Crippen molar-refractivity contribution in [3.05, 3.63) is 30.3 Å². The van der Waals surface area contributed by atoms with Gasteiger partial charge in [0.25, 0.3) is 0 Å². The van der Waals surface area contributed by atoms with E-state index in [1.807, 2.05) is 30.3 Å². The average Bonchev–Trinajstić information content (AvgIpc) is 2.14. The number of hydrogen-bond donors (Lipinski definition) is 2. The van der Waals surface area contributed by atoms with E-state index >= 15 is 0 Å². The third-order valence-corrected chi connectivity index (χ3v) is 1.84. The van der Waals surface area contributed by atoms with Crippen LogP contribution in [0.4, 0.5) is 0 Å². The Kier molecular flexibility index (Phi) is 4.28. The summed E-state index contributed by atoms with van der Waals surface area (Å²) in [7, 11) is -2.51. The maximum absolute atomic E-state index is 10.1. The first-order valence-electron chi connectivity index (χ1n) is 3.85. The predicted octanol–water partition coefficient (Wildman–Crippen LogP) is 0.181. The monoisotopic (exact) mass is 201 g/mol. The molecule has 0 aliphatic rings. The second-order valence-electron chi connectivity index (χ2n) is 2.33. The van der Waals surface area contributed by atoms with E-state index in [4.69, 9.17) is 4.74 Å². The normalized spacial score (nSPS) is 10.2. The Bertz CT molecular complexity index is 302. The zero-order valence-corrected chi connectivity index (χ0v) is 7.87. The lowest BCUT2D eigenvalue weighted by molar-refractivity contribution is 0.323. The number of hydrogen-bond acceptors (Lipinski definition) is 3. The van der Waals surface area contributed by atoms with Crippen molar-refractivity contribution in [1.82, 2.24) is 4.72 Å². The Morgan fingerprint density at radius 1 is 1.23 bits per heavy atom. The third kappa shape index (κ3) is 4.49. The second-order valence-corrected chi connectivity index (χ2v) is 3.16. The minimum Gasteiger partial charge on any atom is -0.492 e. The Morgan fingerprint density at radius 3 is 2.54 bits per heavy atom. The molecule has 0 radical (unpaired) electrons. The summed E-state index contributed by atoms with van der Waals surface area (Å²) in [5.74, 6) is 0.741. The van der Waals surface area contributed by atoms with Crippen LogP contribution in [0.3, 0.4) is 0 Å². The molecule has 0 atom stereocenters. The Morgan fingerprint density at radius 2 is 1.92 bits per heavy atom. The molecule has 1 rings (SSSR count). The molecule has 0 heterocycles. The molecule has 5 heteroatoms. The maximum atomic E-state index is 10.1. The van der Waals surface area contributed by atoms with Gasteiger partial charge in [0.2, 0.25) is 10.9 Å². The van der Waals surface area contributed by atoms with Crippen molar-refractivity contribution in [3.63, 3.8) is 0 Å². The minimum atomic E-state index is -2.51. The van der Waals surface area contributed by atoms with E-state index in [-0.39, 0.29) is 0 Å². The topological polar surface area (TPSA) is 55.4 Å². The molecular weight excluding hydrogens is 190 g/mol. The Hall–Kier alpha value is -1.07. The van der Waals surface area contributed by atoms with Crippen LogP contribution in [0.5, 0.6) is 5.75 Å². The largest absolute Gasteiger partial charge is 0.492 e. The van der Waals surface area contributed by atoms with Gasteiger partial charge in [0.05, 0.1) is 0 Å². The van der Waals surface area contributed by atoms with Crippen LogP contribution in [-0.2, 0) is 10.9 Å². The van der Waals surface area contributed by atoms with Crippen LogP contribution in [0.1, 0.15) is 0 Å². The number of ether oxygens (including phenoxy) is 1. The highest BCUT2D eigenvalue weighted by Crippen LogP contribution is 2.07. The van der Waals surface area contributed by atoms with Crippen molar-refractivity contribution in [1.29, 1.82) is 0 Å². The molecule has 1 aromatic rings. The fraction of sp³-hybridized carbons (Fsp3) is 0.250. The predicted molar refractivity (Wildman–Crippen MR) is 50.3 cm³/mol. The molecule has 0 amide bonds. The lowest BCUT2D eigenvalue weighted by Gasteiger charge is -2.03. The molecule has 0 aliphatic carbocycles. The molecule has 0 fully saturated rings. The van der Waals surface area contributed by atoms with E-state index < -0.39 is 10.9 Å². The highest BCUT2D eigenvalue weighted by Gasteiger charge is 1.90. The van der Waals surface area contributed by atoms with E-state index in [1.54, 1.807) is 0 Å². The number of nitrogens with one attached hydrogen (secondary N) is 1. The highest BCUT2D eigenvalue weighted by molar-refractivity contribution is 7.70. The SMILES string of the molecule is O=[SH](=O)NCCOc1ccccc1. The summed E-state index contributed by atoms with van der Waals surface area (Å²) >= 11 is 0. The van der Waals surface area contributed by atoms with Gasteiger partial charge in [0, 0.05) is 6.54 Å². The van der Waals surface area contributed by atoms with Crippen LogP contribution in [0.25, 0.3) is 0 Å². The number of benzene rings is 1. The summed E-state index contributed by atoms with van der Waals surface area (Å²) in [5.41, 5.74) is 0. The summed E-state index contributed by atoms with van der Waals surface area (Å²) in [4.78, 5) is 0. The Labute approximate surface area is 78.6 Å². The molecule has 0 aliphatic heterocycles. The van der Waals surface area contributed by atoms with Gasteiger partial charge >= 0.3 is 0 Å². The van der Waals surface area contributed by atoms with Crippen molar-refractivity contribution < 1.29 is 13.2 Å². The standard InChI is InChI=1S/C8H11NO3S/c10-13(11)9-6-7-12-8-4-2-1-3-5-8/h1-5,13H,6-7H2,(H,9,10,11). The molecule has 1 aromatic carbocycles. The van der Waals surface area contributed by atoms with Gasteiger partial charge in [-0.2, -0.15) is 0 Å². The van der Waals surface area contributed by atoms with Gasteiger partial charge in [0.1, 0.15) is 12.4 Å². The van der Waals surface area contributed by atoms with Crippen LogP contribution in [0, 0.1) is 0 Å². The van der Waals surface area contributed by atoms with Crippen molar-refractivity contribution in [3.8, 4) is 5.75 Å². The second kappa shape index (κ2) is 5.55. The van der Waals surface area contributed by atoms with Gasteiger partial charge < -0.3 is 4.74 Å². The molecule has 0 unspecified atom stereocenters. The van der Waals surface area contributed by atoms with Crippen molar-refractivity contribution in [2.45, 2.75) is 0 Å². The Balaban J connectivity index is 2.20. The van der Waals surface area contributed by atoms with E-state index in [0.29, 0.717) is 13.2 Å². The number of rotatable bonds is 5. The summed E-state index contributed by atoms with van der Waals surface area (Å²) in [6, 6.07) is 9.24. The summed E-state index contributed by atoms with van der Waals surface area (Å²) in [5, 5.41) is 0. The molecule has 0 saturated carbocycles. The first-order valence-corrected chi connectivity index (χ1v) is 5.02. The van der Waals surface area contributed by atoms with Crippen molar-refractivity contribution in [2.75, 3.05) is 13.2 Å². The lowest BCUT2D eigenvalue weighted by Crippen LogP contribution is -2.19. The van der Waals surface area contributed by atoms with Gasteiger partial charge in [-0.05, 0) is 12.1 Å². The first kappa shape index (κ1) is 10.0. The highest BCUT2D eigenvalue weighted by atomic mass is 32.2. The first-order chi connectivity index (χ1) is 6.29. The average molecular weight is 201 g/mol. The van der Waals surface area contributed by atoms with Gasteiger partial charge in [0.15, 0.2) is 0 Å². The molecule has 4 nitrogen and oxygen atoms in total. The number of thiol groups is 1. The van der Waals surface area contributed by atoms with E-state index in [0.717, 1.165) is 5.75 Å². The lowest BCUT2D eigenvalue weighted by atomic mass is 10.3. The molecule has 0 spiro atoms. The molecule has 1 N–H and O–H groups in total. The van der Waals surface area contributed by atoms with Gasteiger partial charge in [-0.1, -0.05) is 18.2 Å². The fourth-order valence-electron chi connectivity index (χ4n) is 0.823. The third-order valence-electron chi connectivity index (χ3n) is 1.35. The van der Waals surface area contributed by atoms with E-state index in [1.165, 1.54) is 0 Å². The van der Waals surface area contributed by atoms with Crippen molar-refractivity contribution >= 4 is 10.9 Å². The van der Waals surface area contributed by atoms with Gasteiger partial charge in [-0.15, -0.1) is 0 Å². The molecule has 0 aromatic heterocycles. The summed E-state index contributed by atoms with van der Waals surface area (Å²) in [6.45, 7) is 0.640. The van der Waals surface area contributed by atoms with Gasteiger partial charge in [-0.25, -0.2) is 13.1 Å². The maximum Gasteiger partial charge on any atom is 0.201 e. The van der Waals surface area contributed by atoms with Crippen molar-refractivity contribution in [2.24, 2.45) is 0 Å². The zero-order chi connectivity index (χ0) is 9.52. The van der Waals surface area contributed by atoms with Crippen LogP contribution < -0.4 is 9.46 Å². The minimum absolute atomic E-state index is 0.299. The van der Waals surface area contributed by atoms with Crippen LogP contribution >= 0.6 is 0 Å². The molecule has 72 valence electrons. The zero-order valence-electron chi connectivity index (χ0n) is 6.97. The fourth-order valence-corrected chi connectivity index (χ4v) is 1.10. The van der Waals surface area contributed by atoms with Crippen LogP contribution in [0.2, 0.25) is 0 Å². The van der Waals surface area contributed by atoms with E-state index in [2.05, 4.69) is 4.72 Å². The number of para-hydroxylation sites is 1. The quantitative estimate of drug-likeness (QED) is 0.528. The molecular formula is C8H11NO3S. The van der Waals surface area contributed by atoms with Crippen LogP contribution in [-0.4, -0.2) is 21.6 Å². The van der Waals surface area contributed by atoms with Gasteiger partial charge in [-0.3, -0.25) is 0 Å². The summed E-state index contributed by atoms with van der Waals surface area (Å²) in [6.07, 6.45) is 0. The smallest absolute Gasteiger partial charge is 0.201 e. The summed E-state index contributed by atoms with van der Waals surface area (Å²) < 4.78 is 27.6.